The van der Waals surface area contributed by atoms with Crippen molar-refractivity contribution in [2.45, 2.75) is 40.2 Å². The summed E-state index contributed by atoms with van der Waals surface area (Å²) in [6, 6.07) is 6.97. The summed E-state index contributed by atoms with van der Waals surface area (Å²) in [5.74, 6) is -0.140. The summed E-state index contributed by atoms with van der Waals surface area (Å²) in [6.45, 7) is 7.66. The Labute approximate surface area is 131 Å². The molecular formula is C17H25NO4. The second-order valence-electron chi connectivity index (χ2n) is 5.66. The quantitative estimate of drug-likeness (QED) is 0.774. The zero-order valence-electron chi connectivity index (χ0n) is 13.6. The Morgan fingerprint density at radius 2 is 1.77 bits per heavy atom. The van der Waals surface area contributed by atoms with Gasteiger partial charge in [-0.1, -0.05) is 39.3 Å². The number of carbonyl (C=O) groups is 2. The van der Waals surface area contributed by atoms with Crippen LogP contribution in [0.25, 0.3) is 0 Å². The smallest absolute Gasteiger partial charge is 0.341 e. The van der Waals surface area contributed by atoms with Crippen molar-refractivity contribution in [1.82, 2.24) is 5.32 Å². The van der Waals surface area contributed by atoms with Gasteiger partial charge in [-0.3, -0.25) is 4.79 Å². The Balaban J connectivity index is 2.60. The minimum absolute atomic E-state index is 0.0226. The van der Waals surface area contributed by atoms with Crippen LogP contribution in [-0.2, 0) is 9.59 Å². The summed E-state index contributed by atoms with van der Waals surface area (Å²) < 4.78 is 5.08. The van der Waals surface area contributed by atoms with E-state index >= 15 is 0 Å². The number of carboxylic acid groups (broad SMARTS) is 1. The van der Waals surface area contributed by atoms with Crippen molar-refractivity contribution < 1.29 is 19.4 Å². The number of nitrogens with one attached hydrogen (secondary N) is 1. The summed E-state index contributed by atoms with van der Waals surface area (Å²) in [4.78, 5) is 22.6. The second-order valence-corrected chi connectivity index (χ2v) is 5.66. The van der Waals surface area contributed by atoms with E-state index in [-0.39, 0.29) is 24.5 Å². The molecule has 1 amide bonds. The van der Waals surface area contributed by atoms with E-state index in [1.807, 2.05) is 26.0 Å². The number of amides is 1. The van der Waals surface area contributed by atoms with E-state index in [4.69, 9.17) is 9.84 Å². The standard InChI is InChI=1S/C17H25NO4/c1-5-11(2)12(3)17(21)18-13(4)14-6-8-15(9-7-14)22-10-16(19)20/h6-9,11-13H,5,10H2,1-4H3,(H,18,21)(H,19,20). The molecule has 0 heterocycles. The lowest BCUT2D eigenvalue weighted by atomic mass is 9.92. The van der Waals surface area contributed by atoms with Crippen LogP contribution >= 0.6 is 0 Å². The normalized spacial score (nSPS) is 14.7. The molecule has 3 unspecified atom stereocenters. The molecule has 0 spiro atoms. The molecule has 0 saturated heterocycles. The first-order valence-corrected chi connectivity index (χ1v) is 7.60. The van der Waals surface area contributed by atoms with E-state index < -0.39 is 5.97 Å². The molecule has 0 aliphatic heterocycles. The zero-order valence-corrected chi connectivity index (χ0v) is 13.6. The highest BCUT2D eigenvalue weighted by molar-refractivity contribution is 5.79. The third-order valence-corrected chi connectivity index (χ3v) is 4.01. The number of aliphatic carboxylic acids is 1. The maximum Gasteiger partial charge on any atom is 0.341 e. The molecule has 0 saturated carbocycles. The zero-order chi connectivity index (χ0) is 16.7. The number of benzene rings is 1. The van der Waals surface area contributed by atoms with Gasteiger partial charge in [-0.2, -0.15) is 0 Å². The van der Waals surface area contributed by atoms with Gasteiger partial charge in [0, 0.05) is 5.92 Å². The van der Waals surface area contributed by atoms with Crippen molar-refractivity contribution in [2.24, 2.45) is 11.8 Å². The Morgan fingerprint density at radius 3 is 2.27 bits per heavy atom. The first-order valence-electron chi connectivity index (χ1n) is 7.60. The van der Waals surface area contributed by atoms with Crippen LogP contribution in [-0.4, -0.2) is 23.6 Å². The van der Waals surface area contributed by atoms with Gasteiger partial charge in [-0.15, -0.1) is 0 Å². The van der Waals surface area contributed by atoms with Crippen molar-refractivity contribution >= 4 is 11.9 Å². The van der Waals surface area contributed by atoms with Crippen molar-refractivity contribution in [3.63, 3.8) is 0 Å². The van der Waals surface area contributed by atoms with E-state index in [9.17, 15) is 9.59 Å². The number of carboxylic acids is 1. The van der Waals surface area contributed by atoms with Crippen LogP contribution in [0.15, 0.2) is 24.3 Å². The van der Waals surface area contributed by atoms with Crippen LogP contribution in [0.5, 0.6) is 5.75 Å². The summed E-state index contributed by atoms with van der Waals surface area (Å²) >= 11 is 0. The molecule has 5 heteroatoms. The highest BCUT2D eigenvalue weighted by Crippen LogP contribution is 2.20. The lowest BCUT2D eigenvalue weighted by Gasteiger charge is -2.21. The number of rotatable bonds is 8. The van der Waals surface area contributed by atoms with Crippen molar-refractivity contribution in [3.05, 3.63) is 29.8 Å². The Kier molecular flexibility index (Phi) is 6.89. The van der Waals surface area contributed by atoms with Gasteiger partial charge < -0.3 is 15.2 Å². The van der Waals surface area contributed by atoms with Gasteiger partial charge in [0.15, 0.2) is 6.61 Å². The third-order valence-electron chi connectivity index (χ3n) is 4.01. The fraction of sp³-hybridized carbons (Fsp3) is 0.529. The molecule has 1 aromatic rings. The molecule has 0 aliphatic carbocycles. The number of carbonyl (C=O) groups excluding carboxylic acids is 1. The van der Waals surface area contributed by atoms with E-state index in [0.717, 1.165) is 12.0 Å². The van der Waals surface area contributed by atoms with Gasteiger partial charge in [0.2, 0.25) is 5.91 Å². The van der Waals surface area contributed by atoms with Crippen LogP contribution in [0.2, 0.25) is 0 Å². The first-order chi connectivity index (χ1) is 10.3. The number of hydrogen-bond acceptors (Lipinski definition) is 3. The molecule has 122 valence electrons. The monoisotopic (exact) mass is 307 g/mol. The van der Waals surface area contributed by atoms with Crippen LogP contribution in [0.4, 0.5) is 0 Å². The number of hydrogen-bond donors (Lipinski definition) is 2. The van der Waals surface area contributed by atoms with Crippen molar-refractivity contribution in [3.8, 4) is 5.75 Å². The molecule has 0 aliphatic rings. The molecule has 1 aromatic carbocycles. The summed E-state index contributed by atoms with van der Waals surface area (Å²) in [6.07, 6.45) is 0.971. The van der Waals surface area contributed by atoms with Gasteiger partial charge in [0.1, 0.15) is 5.75 Å². The molecular weight excluding hydrogens is 282 g/mol. The van der Waals surface area contributed by atoms with Crippen LogP contribution in [0.1, 0.15) is 45.7 Å². The maximum atomic E-state index is 12.2. The fourth-order valence-electron chi connectivity index (χ4n) is 2.04. The molecule has 2 N–H and O–H groups in total. The topological polar surface area (TPSA) is 75.6 Å². The molecule has 0 bridgehead atoms. The van der Waals surface area contributed by atoms with Gasteiger partial charge >= 0.3 is 5.97 Å². The third kappa shape index (κ3) is 5.39. The average molecular weight is 307 g/mol. The number of ether oxygens (including phenoxy) is 1. The van der Waals surface area contributed by atoms with E-state index in [1.54, 1.807) is 12.1 Å². The van der Waals surface area contributed by atoms with Gasteiger partial charge in [0.25, 0.3) is 0 Å². The van der Waals surface area contributed by atoms with Gasteiger partial charge in [-0.25, -0.2) is 4.79 Å². The minimum Gasteiger partial charge on any atom is -0.482 e. The highest BCUT2D eigenvalue weighted by Gasteiger charge is 2.20. The van der Waals surface area contributed by atoms with Crippen LogP contribution < -0.4 is 10.1 Å². The van der Waals surface area contributed by atoms with Gasteiger partial charge in [0.05, 0.1) is 6.04 Å². The molecule has 1 rings (SSSR count). The van der Waals surface area contributed by atoms with E-state index in [0.29, 0.717) is 11.7 Å². The van der Waals surface area contributed by atoms with Crippen molar-refractivity contribution in [2.75, 3.05) is 6.61 Å². The van der Waals surface area contributed by atoms with E-state index in [1.165, 1.54) is 0 Å². The fourth-order valence-corrected chi connectivity index (χ4v) is 2.04. The Hall–Kier alpha value is -2.04. The largest absolute Gasteiger partial charge is 0.482 e. The molecule has 0 aromatic heterocycles. The van der Waals surface area contributed by atoms with Crippen LogP contribution in [0, 0.1) is 11.8 Å². The SMILES string of the molecule is CCC(C)C(C)C(=O)NC(C)c1ccc(OCC(=O)O)cc1. The summed E-state index contributed by atoms with van der Waals surface area (Å²) in [5.41, 5.74) is 0.951. The molecule has 5 nitrogen and oxygen atoms in total. The molecule has 3 atom stereocenters. The Bertz CT molecular complexity index is 498. The molecule has 0 radical (unpaired) electrons. The van der Waals surface area contributed by atoms with E-state index in [2.05, 4.69) is 19.2 Å². The minimum atomic E-state index is -1.01. The van der Waals surface area contributed by atoms with Crippen LogP contribution in [0.3, 0.4) is 0 Å². The predicted octanol–water partition coefficient (Wildman–Crippen LogP) is 3.01. The summed E-state index contributed by atoms with van der Waals surface area (Å²) in [5, 5.41) is 11.6. The summed E-state index contributed by atoms with van der Waals surface area (Å²) in [7, 11) is 0. The average Bonchev–Trinajstić information content (AvgIpc) is 2.51. The second kappa shape index (κ2) is 8.41. The van der Waals surface area contributed by atoms with Crippen molar-refractivity contribution in [1.29, 1.82) is 0 Å². The predicted molar refractivity (Wildman–Crippen MR) is 84.7 cm³/mol. The molecule has 22 heavy (non-hydrogen) atoms. The lowest BCUT2D eigenvalue weighted by Crippen LogP contribution is -2.34. The maximum absolute atomic E-state index is 12.2. The van der Waals surface area contributed by atoms with Gasteiger partial charge in [-0.05, 0) is 30.5 Å². The highest BCUT2D eigenvalue weighted by atomic mass is 16.5. The Morgan fingerprint density at radius 1 is 1.18 bits per heavy atom. The molecule has 0 fully saturated rings. The lowest BCUT2D eigenvalue weighted by molar-refractivity contribution is -0.139. The first kappa shape index (κ1) is 18.0.